The smallest absolute Gasteiger partial charge is 0.264 e. The van der Waals surface area contributed by atoms with E-state index < -0.39 is 16.1 Å². The van der Waals surface area contributed by atoms with Gasteiger partial charge < -0.3 is 11.1 Å². The first kappa shape index (κ1) is 27.3. The molecule has 0 spiro atoms. The van der Waals surface area contributed by atoms with E-state index in [9.17, 15) is 13.2 Å². The highest BCUT2D eigenvalue weighted by molar-refractivity contribution is 7.89. The zero-order valence-electron chi connectivity index (χ0n) is 22.0. The molecule has 0 aliphatic carbocycles. The fraction of sp³-hybridized carbons (Fsp3) is 0.138. The quantitative estimate of drug-likeness (QED) is 0.277. The maximum atomic E-state index is 13.8. The van der Waals surface area contributed by atoms with Crippen molar-refractivity contribution in [2.24, 2.45) is 0 Å². The van der Waals surface area contributed by atoms with E-state index in [1.807, 2.05) is 49.4 Å². The molecule has 0 saturated carbocycles. The lowest BCUT2D eigenvalue weighted by atomic mass is 10.1. The van der Waals surface area contributed by atoms with Gasteiger partial charge in [-0.3, -0.25) is 9.36 Å². The summed E-state index contributed by atoms with van der Waals surface area (Å²) < 4.78 is 28.3. The minimum atomic E-state index is -3.66. The Balaban J connectivity index is 1.64. The van der Waals surface area contributed by atoms with E-state index in [2.05, 4.69) is 15.3 Å². The molecule has 9 nitrogen and oxygen atoms in total. The van der Waals surface area contributed by atoms with Gasteiger partial charge in [0.05, 0.1) is 21.3 Å². The topological polar surface area (TPSA) is 123 Å². The van der Waals surface area contributed by atoms with E-state index in [1.54, 1.807) is 41.1 Å². The Kier molecular flexibility index (Phi) is 7.33. The second-order valence-corrected chi connectivity index (χ2v) is 12.0. The third-order valence-electron chi connectivity index (χ3n) is 6.57. The molecule has 0 aliphatic heterocycles. The van der Waals surface area contributed by atoms with Crippen molar-refractivity contribution in [3.8, 4) is 16.8 Å². The monoisotopic (exact) mass is 574 g/mol. The van der Waals surface area contributed by atoms with Crippen molar-refractivity contribution >= 4 is 44.2 Å². The molecular formula is C29H27ClN6O3S. The Bertz CT molecular complexity index is 1890. The Morgan fingerprint density at radius 2 is 1.73 bits per heavy atom. The summed E-state index contributed by atoms with van der Waals surface area (Å²) in [4.78, 5) is 22.5. The first-order valence-corrected chi connectivity index (χ1v) is 14.2. The molecule has 0 aliphatic rings. The summed E-state index contributed by atoms with van der Waals surface area (Å²) in [6.45, 7) is 1.90. The third-order valence-corrected chi connectivity index (χ3v) is 8.69. The summed E-state index contributed by atoms with van der Waals surface area (Å²) in [6.07, 6.45) is 1.54. The summed E-state index contributed by atoms with van der Waals surface area (Å²) >= 11 is 6.45. The van der Waals surface area contributed by atoms with Gasteiger partial charge in [-0.25, -0.2) is 17.7 Å². The van der Waals surface area contributed by atoms with Crippen molar-refractivity contribution in [2.75, 3.05) is 25.1 Å². The molecule has 0 amide bonds. The zero-order chi connectivity index (χ0) is 28.6. The van der Waals surface area contributed by atoms with Gasteiger partial charge in [0.15, 0.2) is 0 Å². The largest absolute Gasteiger partial charge is 0.368 e. The number of nitrogens with one attached hydrogen (secondary N) is 1. The molecule has 5 aromatic rings. The van der Waals surface area contributed by atoms with Crippen LogP contribution in [0.1, 0.15) is 18.7 Å². The lowest BCUT2D eigenvalue weighted by Gasteiger charge is -2.23. The Morgan fingerprint density at radius 3 is 2.45 bits per heavy atom. The number of rotatable bonds is 7. The van der Waals surface area contributed by atoms with Crippen molar-refractivity contribution in [2.45, 2.75) is 17.9 Å². The highest BCUT2D eigenvalue weighted by atomic mass is 35.5. The van der Waals surface area contributed by atoms with E-state index in [-0.39, 0.29) is 16.4 Å². The van der Waals surface area contributed by atoms with Gasteiger partial charge in [-0.1, -0.05) is 54.1 Å². The lowest BCUT2D eigenvalue weighted by Crippen LogP contribution is -2.26. The molecule has 11 heteroatoms. The molecule has 204 valence electrons. The average molecular weight is 575 g/mol. The van der Waals surface area contributed by atoms with Crippen LogP contribution >= 0.6 is 11.6 Å². The fourth-order valence-corrected chi connectivity index (χ4v) is 5.74. The van der Waals surface area contributed by atoms with Gasteiger partial charge in [-0.15, -0.1) is 0 Å². The van der Waals surface area contributed by atoms with E-state index >= 15 is 0 Å². The van der Waals surface area contributed by atoms with E-state index in [1.165, 1.54) is 20.2 Å². The Morgan fingerprint density at radius 1 is 1.00 bits per heavy atom. The number of hydrogen-bond donors (Lipinski definition) is 2. The lowest BCUT2D eigenvalue weighted by molar-refractivity contribution is 0.521. The van der Waals surface area contributed by atoms with Gasteiger partial charge in [0.25, 0.3) is 5.56 Å². The van der Waals surface area contributed by atoms with Crippen LogP contribution in [0.3, 0.4) is 0 Å². The highest BCUT2D eigenvalue weighted by Gasteiger charge is 2.21. The predicted molar refractivity (Wildman–Crippen MR) is 159 cm³/mol. The summed E-state index contributed by atoms with van der Waals surface area (Å²) in [5.41, 5.74) is 8.20. The summed E-state index contributed by atoms with van der Waals surface area (Å²) in [5.74, 6) is 0.430. The number of halogens is 1. The van der Waals surface area contributed by atoms with Crippen molar-refractivity contribution < 1.29 is 8.42 Å². The van der Waals surface area contributed by atoms with Gasteiger partial charge >= 0.3 is 0 Å². The molecule has 3 aromatic carbocycles. The number of hydrogen-bond acceptors (Lipinski definition) is 7. The number of nitrogens with zero attached hydrogens (tertiary/aromatic N) is 4. The molecule has 0 fully saturated rings. The van der Waals surface area contributed by atoms with Gasteiger partial charge in [-0.2, -0.15) is 4.98 Å². The predicted octanol–water partition coefficient (Wildman–Crippen LogP) is 5.11. The van der Waals surface area contributed by atoms with Crippen LogP contribution in [0, 0.1) is 0 Å². The summed E-state index contributed by atoms with van der Waals surface area (Å²) in [6, 6.07) is 22.7. The van der Waals surface area contributed by atoms with Crippen LogP contribution in [0.15, 0.2) is 94.7 Å². The van der Waals surface area contributed by atoms with Crippen molar-refractivity contribution in [1.82, 2.24) is 18.8 Å². The summed E-state index contributed by atoms with van der Waals surface area (Å²) in [7, 11) is -0.705. The zero-order valence-corrected chi connectivity index (χ0v) is 23.6. The molecule has 1 atom stereocenters. The van der Waals surface area contributed by atoms with E-state index in [0.717, 1.165) is 4.31 Å². The van der Waals surface area contributed by atoms with E-state index in [4.69, 9.17) is 17.3 Å². The minimum Gasteiger partial charge on any atom is -0.368 e. The van der Waals surface area contributed by atoms with Crippen molar-refractivity contribution in [1.29, 1.82) is 0 Å². The van der Waals surface area contributed by atoms with Gasteiger partial charge in [0.2, 0.25) is 16.0 Å². The molecule has 1 unspecified atom stereocenters. The van der Waals surface area contributed by atoms with Crippen molar-refractivity contribution in [3.05, 3.63) is 106 Å². The first-order chi connectivity index (χ1) is 19.1. The highest BCUT2D eigenvalue weighted by Crippen LogP contribution is 2.32. The molecule has 0 radical (unpaired) electrons. The number of nitrogen functional groups attached to an aromatic ring is 1. The van der Waals surface area contributed by atoms with Crippen molar-refractivity contribution in [3.63, 3.8) is 0 Å². The molecule has 2 heterocycles. The maximum absolute atomic E-state index is 13.8. The number of aromatic nitrogens is 3. The normalized spacial score (nSPS) is 12.5. The van der Waals surface area contributed by atoms with Crippen LogP contribution in [0.4, 0.5) is 11.8 Å². The second-order valence-electron chi connectivity index (χ2n) is 9.42. The Labute approximate surface area is 236 Å². The summed E-state index contributed by atoms with van der Waals surface area (Å²) in [5, 5.41) is 4.88. The second kappa shape index (κ2) is 10.7. The average Bonchev–Trinajstić information content (AvgIpc) is 2.93. The van der Waals surface area contributed by atoms with Crippen LogP contribution in [0.2, 0.25) is 5.02 Å². The molecule has 3 N–H and O–H groups in total. The third kappa shape index (κ3) is 5.04. The molecule has 2 aromatic heterocycles. The Hall–Kier alpha value is -4.25. The fourth-order valence-electron chi connectivity index (χ4n) is 4.53. The van der Waals surface area contributed by atoms with Gasteiger partial charge in [0, 0.05) is 37.2 Å². The number of nitrogens with two attached hydrogens (primary N) is 1. The number of anilines is 2. The first-order valence-electron chi connectivity index (χ1n) is 12.4. The molecular weight excluding hydrogens is 548 g/mol. The number of para-hydroxylation sites is 1. The standard InChI is InChI=1S/C29H27ClN6O3S/c1-18(25-16-20-10-8-14-24(30)26(20)28(37)36(25)21-11-5-4-6-12-21)33-27-23(17-32-29(31)34-27)19-9-7-13-22(15-19)40(38,39)35(2)3/h4-18H,1-3H3,(H3,31,32,33,34). The molecule has 40 heavy (non-hydrogen) atoms. The maximum Gasteiger partial charge on any atom is 0.264 e. The number of benzene rings is 3. The van der Waals surface area contributed by atoms with Gasteiger partial charge in [-0.05, 0) is 54.3 Å². The molecule has 5 rings (SSSR count). The van der Waals surface area contributed by atoms with Crippen LogP contribution in [-0.4, -0.2) is 41.4 Å². The number of sulfonamides is 1. The molecule has 0 bridgehead atoms. The van der Waals surface area contributed by atoms with Crippen LogP contribution in [0.25, 0.3) is 27.6 Å². The van der Waals surface area contributed by atoms with Gasteiger partial charge in [0.1, 0.15) is 5.82 Å². The molecule has 0 saturated heterocycles. The number of pyridine rings is 1. The van der Waals surface area contributed by atoms with Crippen LogP contribution in [0.5, 0.6) is 0 Å². The minimum absolute atomic E-state index is 0.0428. The van der Waals surface area contributed by atoms with Crippen LogP contribution < -0.4 is 16.6 Å². The number of fused-ring (bicyclic) bond motifs is 1. The SMILES string of the molecule is CC(Nc1nc(N)ncc1-c1cccc(S(=O)(=O)N(C)C)c1)c1cc2cccc(Cl)c2c(=O)n1-c1ccccc1. The van der Waals surface area contributed by atoms with Crippen LogP contribution in [-0.2, 0) is 10.0 Å². The van der Waals surface area contributed by atoms with E-state index in [0.29, 0.717) is 44.1 Å².